The molecule has 1 N–H and O–H groups in total. The minimum absolute atomic E-state index is 0.270. The number of rotatable bonds is 6. The van der Waals surface area contributed by atoms with Crippen molar-refractivity contribution in [3.05, 3.63) is 64.5 Å². The summed E-state index contributed by atoms with van der Waals surface area (Å²) in [6.07, 6.45) is 3.54. The van der Waals surface area contributed by atoms with Crippen LogP contribution in [0.15, 0.2) is 51.4 Å². The fourth-order valence-corrected chi connectivity index (χ4v) is 3.66. The second kappa shape index (κ2) is 7.04. The van der Waals surface area contributed by atoms with Crippen LogP contribution in [0.1, 0.15) is 17.5 Å². The van der Waals surface area contributed by atoms with E-state index in [0.29, 0.717) is 23.9 Å². The summed E-state index contributed by atoms with van der Waals surface area (Å²) >= 11 is 3.35. The molecule has 0 saturated heterocycles. The monoisotopic (exact) mass is 408 g/mol. The van der Waals surface area contributed by atoms with Crippen LogP contribution in [0.25, 0.3) is 11.1 Å². The Kier molecular flexibility index (Phi) is 5.03. The molecule has 24 heavy (non-hydrogen) atoms. The number of fused-ring (bicyclic) bond motifs is 1. The predicted octanol–water partition coefficient (Wildman–Crippen LogP) is 3.82. The lowest BCUT2D eigenvalue weighted by Gasteiger charge is -2.14. The number of oxazole rings is 1. The average molecular weight is 409 g/mol. The van der Waals surface area contributed by atoms with Crippen LogP contribution < -0.4 is 0 Å². The number of benzene rings is 2. The van der Waals surface area contributed by atoms with Crippen LogP contribution in [-0.2, 0) is 23.0 Å². The summed E-state index contributed by atoms with van der Waals surface area (Å²) < 4.78 is 38.9. The first-order valence-corrected chi connectivity index (χ1v) is 9.68. The van der Waals surface area contributed by atoms with Gasteiger partial charge in [0.2, 0.25) is 0 Å². The maximum atomic E-state index is 11.7. The molecule has 0 aliphatic heterocycles. The summed E-state index contributed by atoms with van der Waals surface area (Å²) in [5.41, 5.74) is 3.13. The maximum absolute atomic E-state index is 11.7. The third kappa shape index (κ3) is 4.23. The molecule has 1 heterocycles. The summed E-state index contributed by atoms with van der Waals surface area (Å²) in [4.78, 5) is 3.97. The molecule has 125 valence electrons. The predicted molar refractivity (Wildman–Crippen MR) is 94.3 cm³/mol. The highest BCUT2D eigenvalue weighted by Crippen LogP contribution is 2.20. The van der Waals surface area contributed by atoms with Crippen molar-refractivity contribution in [3.63, 3.8) is 0 Å². The number of nitrogens with zero attached hydrogens (tertiary/aromatic N) is 1. The average Bonchev–Trinajstić information content (AvgIpc) is 2.99. The van der Waals surface area contributed by atoms with Crippen molar-refractivity contribution >= 4 is 37.1 Å². The highest BCUT2D eigenvalue weighted by atomic mass is 79.9. The Bertz CT molecular complexity index is 935. The lowest BCUT2D eigenvalue weighted by atomic mass is 10.0. The van der Waals surface area contributed by atoms with Crippen LogP contribution in [0.3, 0.4) is 0 Å². The molecule has 0 aliphatic carbocycles. The van der Waals surface area contributed by atoms with Gasteiger partial charge < -0.3 is 4.42 Å². The quantitative estimate of drug-likeness (QED) is 0.626. The van der Waals surface area contributed by atoms with Gasteiger partial charge in [0.25, 0.3) is 16.5 Å². The number of aryl methyl sites for hydroxylation is 1. The van der Waals surface area contributed by atoms with Gasteiger partial charge in [0.05, 0.1) is 5.25 Å². The third-order valence-corrected chi connectivity index (χ3v) is 5.67. The molecule has 1 radical (unpaired) electrons. The Balaban J connectivity index is 1.73. The third-order valence-electron chi connectivity index (χ3n) is 3.90. The summed E-state index contributed by atoms with van der Waals surface area (Å²) in [5.74, 6) is 0. The molecule has 0 amide bonds. The SMILES string of the molecule is O=S(=O)(O)C(CCc1ccc2o[c]nc2c1)Cc1ccc(Br)cc1. The molecule has 0 saturated carbocycles. The van der Waals surface area contributed by atoms with Crippen LogP contribution in [0.5, 0.6) is 0 Å². The Hall–Kier alpha value is -1.70. The lowest BCUT2D eigenvalue weighted by molar-refractivity contribution is 0.460. The standard InChI is InChI=1S/C17H15BrNO4S/c18-14-5-1-12(2-6-14)9-15(24(20,21)22)7-3-13-4-8-17-16(10-13)19-11-23-17/h1-2,4-6,8,10,15H,3,7,9H2,(H,20,21,22). The highest BCUT2D eigenvalue weighted by Gasteiger charge is 2.23. The first kappa shape index (κ1) is 17.1. The maximum Gasteiger partial charge on any atom is 0.284 e. The van der Waals surface area contributed by atoms with Crippen molar-refractivity contribution in [2.45, 2.75) is 24.5 Å². The van der Waals surface area contributed by atoms with E-state index in [-0.39, 0.29) is 6.42 Å². The molecule has 0 aliphatic rings. The van der Waals surface area contributed by atoms with E-state index in [1.54, 1.807) is 6.07 Å². The zero-order chi connectivity index (χ0) is 17.2. The molecular formula is C17H15BrNO4S. The topological polar surface area (TPSA) is 80.4 Å². The van der Waals surface area contributed by atoms with E-state index in [9.17, 15) is 13.0 Å². The van der Waals surface area contributed by atoms with Gasteiger partial charge in [0.15, 0.2) is 5.58 Å². The zero-order valence-electron chi connectivity index (χ0n) is 12.6. The van der Waals surface area contributed by atoms with Gasteiger partial charge in [-0.15, -0.1) is 0 Å². The minimum Gasteiger partial charge on any atom is -0.432 e. The van der Waals surface area contributed by atoms with Gasteiger partial charge in [-0.05, 0) is 54.7 Å². The molecule has 3 aromatic rings. The number of halogens is 1. The number of hydrogen-bond acceptors (Lipinski definition) is 4. The van der Waals surface area contributed by atoms with Crippen molar-refractivity contribution in [2.75, 3.05) is 0 Å². The first-order valence-electron chi connectivity index (χ1n) is 7.38. The fourth-order valence-electron chi connectivity index (χ4n) is 2.58. The van der Waals surface area contributed by atoms with E-state index in [2.05, 4.69) is 27.3 Å². The van der Waals surface area contributed by atoms with E-state index >= 15 is 0 Å². The van der Waals surface area contributed by atoms with Crippen LogP contribution in [0.2, 0.25) is 0 Å². The van der Waals surface area contributed by atoms with E-state index in [0.717, 1.165) is 15.6 Å². The second-order valence-electron chi connectivity index (χ2n) is 5.61. The normalized spacial score (nSPS) is 13.2. The van der Waals surface area contributed by atoms with Crippen molar-refractivity contribution < 1.29 is 17.4 Å². The zero-order valence-corrected chi connectivity index (χ0v) is 15.0. The van der Waals surface area contributed by atoms with Crippen LogP contribution >= 0.6 is 15.9 Å². The van der Waals surface area contributed by atoms with Gasteiger partial charge in [0.1, 0.15) is 5.52 Å². The lowest BCUT2D eigenvalue weighted by Crippen LogP contribution is -2.24. The molecule has 7 heteroatoms. The van der Waals surface area contributed by atoms with Gasteiger partial charge in [-0.1, -0.05) is 34.1 Å². The molecule has 0 bridgehead atoms. The molecule has 1 aromatic heterocycles. The van der Waals surface area contributed by atoms with Crippen molar-refractivity contribution in [2.24, 2.45) is 0 Å². The van der Waals surface area contributed by atoms with E-state index in [1.165, 1.54) is 0 Å². The Labute approximate surface area is 148 Å². The van der Waals surface area contributed by atoms with Gasteiger partial charge in [-0.2, -0.15) is 8.42 Å². The van der Waals surface area contributed by atoms with E-state index in [4.69, 9.17) is 4.42 Å². The smallest absolute Gasteiger partial charge is 0.284 e. The van der Waals surface area contributed by atoms with Crippen LogP contribution in [0, 0.1) is 6.39 Å². The molecule has 5 nitrogen and oxygen atoms in total. The van der Waals surface area contributed by atoms with Crippen LogP contribution in [-0.4, -0.2) is 23.2 Å². The summed E-state index contributed by atoms with van der Waals surface area (Å²) in [5, 5.41) is -0.849. The summed E-state index contributed by atoms with van der Waals surface area (Å²) in [6.45, 7) is 0. The highest BCUT2D eigenvalue weighted by molar-refractivity contribution is 9.10. The van der Waals surface area contributed by atoms with Crippen molar-refractivity contribution in [1.29, 1.82) is 0 Å². The number of aromatic nitrogens is 1. The summed E-state index contributed by atoms with van der Waals surface area (Å²) in [6, 6.07) is 12.9. The van der Waals surface area contributed by atoms with Gasteiger partial charge in [0, 0.05) is 4.47 Å². The van der Waals surface area contributed by atoms with Crippen LogP contribution in [0.4, 0.5) is 0 Å². The van der Waals surface area contributed by atoms with Gasteiger partial charge in [-0.3, -0.25) is 4.55 Å². The molecule has 1 unspecified atom stereocenters. The molecular weight excluding hydrogens is 394 g/mol. The Morgan fingerprint density at radius 1 is 1.17 bits per heavy atom. The van der Waals surface area contributed by atoms with Gasteiger partial charge >= 0.3 is 0 Å². The fraction of sp³-hybridized carbons (Fsp3) is 0.235. The van der Waals surface area contributed by atoms with Crippen molar-refractivity contribution in [3.8, 4) is 0 Å². The Morgan fingerprint density at radius 3 is 2.58 bits per heavy atom. The molecule has 1 atom stereocenters. The van der Waals surface area contributed by atoms with E-state index in [1.807, 2.05) is 36.4 Å². The van der Waals surface area contributed by atoms with Crippen molar-refractivity contribution in [1.82, 2.24) is 4.98 Å². The van der Waals surface area contributed by atoms with E-state index < -0.39 is 15.4 Å². The summed E-state index contributed by atoms with van der Waals surface area (Å²) in [7, 11) is -4.13. The molecule has 0 fully saturated rings. The second-order valence-corrected chi connectivity index (χ2v) is 8.23. The molecule has 3 rings (SSSR count). The molecule has 0 spiro atoms. The number of hydrogen-bond donors (Lipinski definition) is 1. The minimum atomic E-state index is -4.13. The first-order chi connectivity index (χ1) is 11.4. The largest absolute Gasteiger partial charge is 0.432 e. The van der Waals surface area contributed by atoms with Gasteiger partial charge in [-0.25, -0.2) is 4.98 Å². The Morgan fingerprint density at radius 2 is 1.88 bits per heavy atom. The molecule has 2 aromatic carbocycles.